The summed E-state index contributed by atoms with van der Waals surface area (Å²) in [5.41, 5.74) is 1.09. The largest absolute Gasteiger partial charge is 0.396 e. The molecule has 2 unspecified atom stereocenters. The summed E-state index contributed by atoms with van der Waals surface area (Å²) >= 11 is 0. The van der Waals surface area contributed by atoms with Crippen LogP contribution in [0.2, 0.25) is 0 Å². The summed E-state index contributed by atoms with van der Waals surface area (Å²) in [4.78, 5) is 2.31. The Balaban J connectivity index is 1.97. The summed E-state index contributed by atoms with van der Waals surface area (Å²) in [5.74, 6) is 0.317. The van der Waals surface area contributed by atoms with Crippen LogP contribution in [0.15, 0.2) is 30.3 Å². The molecule has 2 rings (SSSR count). The zero-order valence-electron chi connectivity index (χ0n) is 10.6. The summed E-state index contributed by atoms with van der Waals surface area (Å²) in [6.45, 7) is 3.00. The summed E-state index contributed by atoms with van der Waals surface area (Å²) in [7, 11) is 0. The molecule has 18 heavy (non-hydrogen) atoms. The monoisotopic (exact) mass is 244 g/mol. The van der Waals surface area contributed by atoms with Gasteiger partial charge in [0, 0.05) is 19.7 Å². The Hall–Kier alpha value is -1.37. The van der Waals surface area contributed by atoms with Crippen molar-refractivity contribution in [1.82, 2.24) is 4.90 Å². The number of aliphatic hydroxyl groups excluding tert-OH is 1. The van der Waals surface area contributed by atoms with E-state index in [9.17, 15) is 10.4 Å². The lowest BCUT2D eigenvalue weighted by molar-refractivity contribution is 0.119. The molecule has 96 valence electrons. The number of likely N-dealkylation sites (tertiary alicyclic amines) is 1. The summed E-state index contributed by atoms with van der Waals surface area (Å²) in [6.07, 6.45) is 2.23. The maximum Gasteiger partial charge on any atom is 0.0839 e. The number of rotatable bonds is 4. The van der Waals surface area contributed by atoms with Crippen molar-refractivity contribution >= 4 is 0 Å². The van der Waals surface area contributed by atoms with Crippen LogP contribution in [0.3, 0.4) is 0 Å². The van der Waals surface area contributed by atoms with Crippen LogP contribution in [-0.2, 0) is 0 Å². The minimum atomic E-state index is -0.0661. The van der Waals surface area contributed by atoms with E-state index in [4.69, 9.17) is 0 Å². The Morgan fingerprint density at radius 3 is 2.83 bits per heavy atom. The molecule has 1 heterocycles. The normalized spacial score (nSPS) is 22.3. The van der Waals surface area contributed by atoms with E-state index in [2.05, 4.69) is 11.0 Å². The van der Waals surface area contributed by atoms with Crippen LogP contribution in [0, 0.1) is 17.2 Å². The van der Waals surface area contributed by atoms with E-state index in [-0.39, 0.29) is 12.5 Å². The van der Waals surface area contributed by atoms with Gasteiger partial charge in [0.2, 0.25) is 0 Å². The van der Waals surface area contributed by atoms with Gasteiger partial charge in [-0.3, -0.25) is 0 Å². The van der Waals surface area contributed by atoms with Gasteiger partial charge in [0.15, 0.2) is 0 Å². The Labute approximate surface area is 109 Å². The highest BCUT2D eigenvalue weighted by Crippen LogP contribution is 2.21. The molecule has 0 amide bonds. The predicted molar refractivity (Wildman–Crippen MR) is 71.0 cm³/mol. The lowest BCUT2D eigenvalue weighted by Crippen LogP contribution is -2.39. The Morgan fingerprint density at radius 2 is 2.17 bits per heavy atom. The molecule has 3 nitrogen and oxygen atoms in total. The van der Waals surface area contributed by atoms with Gasteiger partial charge >= 0.3 is 0 Å². The summed E-state index contributed by atoms with van der Waals surface area (Å²) < 4.78 is 0. The second-order valence-electron chi connectivity index (χ2n) is 5.04. The molecule has 3 heteroatoms. The van der Waals surface area contributed by atoms with Crippen LogP contribution in [0.25, 0.3) is 0 Å². The van der Waals surface area contributed by atoms with Gasteiger partial charge < -0.3 is 10.0 Å². The molecule has 0 aromatic heterocycles. The molecule has 0 aliphatic carbocycles. The number of benzene rings is 1. The van der Waals surface area contributed by atoms with Gasteiger partial charge in [-0.15, -0.1) is 0 Å². The summed E-state index contributed by atoms with van der Waals surface area (Å²) in [6, 6.07) is 12.4. The molecule has 2 atom stereocenters. The van der Waals surface area contributed by atoms with E-state index < -0.39 is 0 Å². The van der Waals surface area contributed by atoms with E-state index in [1.165, 1.54) is 0 Å². The zero-order chi connectivity index (χ0) is 12.8. The third kappa shape index (κ3) is 3.32. The number of hydrogen-bond donors (Lipinski definition) is 1. The number of piperidine rings is 1. The minimum absolute atomic E-state index is 0.0661. The van der Waals surface area contributed by atoms with E-state index in [1.807, 2.05) is 30.3 Å². The van der Waals surface area contributed by atoms with Crippen molar-refractivity contribution in [1.29, 1.82) is 5.26 Å². The first kappa shape index (κ1) is 13.1. The second-order valence-corrected chi connectivity index (χ2v) is 5.04. The van der Waals surface area contributed by atoms with Crippen molar-refractivity contribution in [3.05, 3.63) is 35.9 Å². The Bertz CT molecular complexity index is 399. The molecule has 0 radical (unpaired) electrons. The number of nitriles is 1. The highest BCUT2D eigenvalue weighted by Gasteiger charge is 2.22. The molecule has 1 aliphatic heterocycles. The van der Waals surface area contributed by atoms with Crippen LogP contribution < -0.4 is 0 Å². The predicted octanol–water partition coefficient (Wildman–Crippen LogP) is 2.00. The van der Waals surface area contributed by atoms with E-state index >= 15 is 0 Å². The third-order valence-electron chi connectivity index (χ3n) is 3.66. The van der Waals surface area contributed by atoms with Gasteiger partial charge in [-0.2, -0.15) is 5.26 Å². The highest BCUT2D eigenvalue weighted by atomic mass is 16.3. The first-order valence-corrected chi connectivity index (χ1v) is 6.61. The van der Waals surface area contributed by atoms with Crippen LogP contribution >= 0.6 is 0 Å². The molecular weight excluding hydrogens is 224 g/mol. The van der Waals surface area contributed by atoms with Crippen LogP contribution in [0.4, 0.5) is 0 Å². The lowest BCUT2D eigenvalue weighted by Gasteiger charge is -2.32. The van der Waals surface area contributed by atoms with E-state index in [0.29, 0.717) is 5.92 Å². The fraction of sp³-hybridized carbons (Fsp3) is 0.533. The lowest BCUT2D eigenvalue weighted by atomic mass is 9.95. The average molecular weight is 244 g/mol. The number of hydrogen-bond acceptors (Lipinski definition) is 3. The third-order valence-corrected chi connectivity index (χ3v) is 3.66. The van der Waals surface area contributed by atoms with Gasteiger partial charge in [0.25, 0.3) is 0 Å². The van der Waals surface area contributed by atoms with Gasteiger partial charge in [-0.05, 0) is 30.9 Å². The highest BCUT2D eigenvalue weighted by molar-refractivity contribution is 5.25. The maximum absolute atomic E-state index is 9.31. The minimum Gasteiger partial charge on any atom is -0.396 e. The van der Waals surface area contributed by atoms with Crippen LogP contribution in [-0.4, -0.2) is 36.2 Å². The first-order valence-electron chi connectivity index (χ1n) is 6.61. The van der Waals surface area contributed by atoms with E-state index in [0.717, 1.165) is 38.0 Å². The average Bonchev–Trinajstić information content (AvgIpc) is 2.46. The molecule has 1 aliphatic rings. The second kappa shape index (κ2) is 6.53. The molecule has 0 saturated carbocycles. The van der Waals surface area contributed by atoms with E-state index in [1.54, 1.807) is 0 Å². The van der Waals surface area contributed by atoms with Crippen LogP contribution in [0.5, 0.6) is 0 Å². The van der Waals surface area contributed by atoms with Crippen molar-refractivity contribution in [2.75, 3.05) is 26.2 Å². The van der Waals surface area contributed by atoms with Gasteiger partial charge in [0.1, 0.15) is 0 Å². The molecule has 0 spiro atoms. The van der Waals surface area contributed by atoms with Crippen molar-refractivity contribution in [2.24, 2.45) is 5.92 Å². The van der Waals surface area contributed by atoms with Gasteiger partial charge in [-0.1, -0.05) is 30.3 Å². The molecule has 1 aromatic rings. The fourth-order valence-corrected chi connectivity index (χ4v) is 2.63. The summed E-state index contributed by atoms with van der Waals surface area (Å²) in [5, 5.41) is 18.5. The molecule has 1 saturated heterocycles. The number of aliphatic hydroxyl groups is 1. The van der Waals surface area contributed by atoms with Crippen molar-refractivity contribution < 1.29 is 5.11 Å². The first-order chi connectivity index (χ1) is 8.83. The quantitative estimate of drug-likeness (QED) is 0.881. The molecular formula is C15H20N2O. The Morgan fingerprint density at radius 1 is 1.39 bits per heavy atom. The maximum atomic E-state index is 9.31. The van der Waals surface area contributed by atoms with Crippen LogP contribution in [0.1, 0.15) is 24.3 Å². The molecule has 1 N–H and O–H groups in total. The smallest absolute Gasteiger partial charge is 0.0839 e. The van der Waals surface area contributed by atoms with Crippen molar-refractivity contribution in [2.45, 2.75) is 18.8 Å². The van der Waals surface area contributed by atoms with Gasteiger partial charge in [0.05, 0.1) is 12.0 Å². The zero-order valence-corrected chi connectivity index (χ0v) is 10.6. The molecule has 1 fully saturated rings. The molecule has 0 bridgehead atoms. The SMILES string of the molecule is N#CC(CN1CCCC(CO)C1)c1ccccc1. The fourth-order valence-electron chi connectivity index (χ4n) is 2.63. The molecule has 1 aromatic carbocycles. The topological polar surface area (TPSA) is 47.3 Å². The van der Waals surface area contributed by atoms with Gasteiger partial charge in [-0.25, -0.2) is 0 Å². The number of nitrogens with zero attached hydrogens (tertiary/aromatic N) is 2. The standard InChI is InChI=1S/C15H20N2O/c16-9-15(14-6-2-1-3-7-14)11-17-8-4-5-13(10-17)12-18/h1-3,6-7,13,15,18H,4-5,8,10-12H2. The van der Waals surface area contributed by atoms with Crippen molar-refractivity contribution in [3.63, 3.8) is 0 Å². The van der Waals surface area contributed by atoms with Crippen molar-refractivity contribution in [3.8, 4) is 6.07 Å². The Kier molecular flexibility index (Phi) is 4.74.